The molecule has 0 aromatic heterocycles. The summed E-state index contributed by atoms with van der Waals surface area (Å²) < 4.78 is 53.5. The summed E-state index contributed by atoms with van der Waals surface area (Å²) in [5.74, 6) is -0.371. The number of carbonyl (C=O) groups is 4. The number of rotatable bonds is 17. The molecule has 2 aromatic carbocycles. The summed E-state index contributed by atoms with van der Waals surface area (Å²) in [5.41, 5.74) is -3.11. The Morgan fingerprint density at radius 2 is 1.49 bits per heavy atom. The zero-order chi connectivity index (χ0) is 57.4. The number of methoxy groups -OCH3 is 3. The number of fused-ring (bicyclic) bond motifs is 5. The van der Waals surface area contributed by atoms with Crippen molar-refractivity contribution in [2.24, 2.45) is 22.7 Å². The molecule has 2 bridgehead atoms. The first-order valence-electron chi connectivity index (χ1n) is 26.5. The average molecular weight is 1120 g/mol. The van der Waals surface area contributed by atoms with Crippen LogP contribution in [0.3, 0.4) is 0 Å². The van der Waals surface area contributed by atoms with Crippen molar-refractivity contribution in [1.82, 2.24) is 5.32 Å². The lowest BCUT2D eigenvalue weighted by Gasteiger charge is -2.69. The highest BCUT2D eigenvalue weighted by Gasteiger charge is 2.77. The van der Waals surface area contributed by atoms with Crippen LogP contribution in [0.15, 0.2) is 96.3 Å². The van der Waals surface area contributed by atoms with Crippen LogP contribution in [0.4, 0.5) is 9.59 Å². The maximum Gasteiger partial charge on any atom is 0.508 e. The largest absolute Gasteiger partial charge is 0.508 e. The van der Waals surface area contributed by atoms with E-state index in [1.54, 1.807) is 86.9 Å². The monoisotopic (exact) mass is 1120 g/mol. The second-order valence-corrected chi connectivity index (χ2v) is 23.3. The van der Waals surface area contributed by atoms with Crippen molar-refractivity contribution in [3.8, 4) is 0 Å². The van der Waals surface area contributed by atoms with Crippen molar-refractivity contribution in [2.45, 2.75) is 177 Å². The number of hydrogen-bond donors (Lipinski definition) is 2. The molecule has 0 spiro atoms. The van der Waals surface area contributed by atoms with Gasteiger partial charge in [0.2, 0.25) is 0 Å². The number of nitrogens with one attached hydrogen (secondary N) is 1. The van der Waals surface area contributed by atoms with Crippen LogP contribution < -0.4 is 5.32 Å². The van der Waals surface area contributed by atoms with Gasteiger partial charge in [-0.3, -0.25) is 4.79 Å². The summed E-state index contributed by atoms with van der Waals surface area (Å²) in [5, 5.41) is 17.0. The van der Waals surface area contributed by atoms with Gasteiger partial charge in [0, 0.05) is 62.2 Å². The Morgan fingerprint density at radius 1 is 0.909 bits per heavy atom. The van der Waals surface area contributed by atoms with Crippen LogP contribution >= 0.6 is 21.6 Å². The molecule has 1 aliphatic heterocycles. The van der Waals surface area contributed by atoms with Crippen molar-refractivity contribution >= 4 is 45.8 Å². The van der Waals surface area contributed by atoms with Crippen LogP contribution in [0.25, 0.3) is 0 Å². The fourth-order valence-corrected chi connectivity index (χ4v) is 12.9. The molecule has 3 fully saturated rings. The Labute approximate surface area is 469 Å². The number of amides is 1. The summed E-state index contributed by atoms with van der Waals surface area (Å²) in [6.45, 7) is 36.1. The molecule has 3 aliphatic carbocycles. The van der Waals surface area contributed by atoms with E-state index >= 15 is 0 Å². The summed E-state index contributed by atoms with van der Waals surface area (Å²) in [7, 11) is 8.02. The summed E-state index contributed by atoms with van der Waals surface area (Å²) in [6, 6.07) is 17.5. The molecule has 4 aliphatic rings. The molecule has 6 rings (SSSR count). The van der Waals surface area contributed by atoms with Gasteiger partial charge in [-0.15, -0.1) is 0 Å². The van der Waals surface area contributed by atoms with Crippen molar-refractivity contribution in [3.05, 3.63) is 107 Å². The second kappa shape index (κ2) is 30.2. The SMILES string of the molecule is C.C=C(O[C@H]1C[C@@]2(O)[C@@H](OC(=O)c3ccccc3)C3[C@](C)(C(=C)[C@H](OC)C(=C1C)C2(C)C)[C@@H](OC)C[C@H]1OC[C@@]31OC(C)=O)[C@H](C)[C@@H](NC(=O)OC(C)(C)C)c1ccccc1.CC.CC.CCCSSCCOC(=O)OC. The van der Waals surface area contributed by atoms with Gasteiger partial charge >= 0.3 is 24.2 Å². The van der Waals surface area contributed by atoms with E-state index in [2.05, 4.69) is 28.3 Å². The van der Waals surface area contributed by atoms with Gasteiger partial charge in [-0.25, -0.2) is 14.4 Å². The average Bonchev–Trinajstić information content (AvgIpc) is 3.38. The normalized spacial score (nSPS) is 27.3. The van der Waals surface area contributed by atoms with E-state index in [1.165, 1.54) is 20.5 Å². The molecule has 2 N–H and O–H groups in total. The van der Waals surface area contributed by atoms with E-state index in [0.29, 0.717) is 29.9 Å². The molecule has 0 radical (unpaired) electrons. The number of ether oxygens (including phenoxy) is 9. The first-order valence-corrected chi connectivity index (χ1v) is 29.0. The third kappa shape index (κ3) is 15.4. The number of benzene rings is 2. The Balaban J connectivity index is 0.00000105. The van der Waals surface area contributed by atoms with Gasteiger partial charge in [0.15, 0.2) is 5.60 Å². The van der Waals surface area contributed by atoms with Crippen LogP contribution in [0.2, 0.25) is 0 Å². The van der Waals surface area contributed by atoms with Crippen LogP contribution in [-0.2, 0) is 47.4 Å². The number of alkyl carbamates (subject to hydrolysis) is 1. The van der Waals surface area contributed by atoms with E-state index < -0.39 is 100 Å². The molecule has 2 aromatic rings. The molecule has 15 nitrogen and oxygen atoms in total. The van der Waals surface area contributed by atoms with Gasteiger partial charge in [0.1, 0.15) is 42.2 Å². The van der Waals surface area contributed by atoms with Gasteiger partial charge in [-0.1, -0.05) is 153 Å². The number of esters is 2. The molecule has 11 atom stereocenters. The van der Waals surface area contributed by atoms with Crippen molar-refractivity contribution < 1.29 is 66.9 Å². The molecule has 1 saturated heterocycles. The zero-order valence-electron chi connectivity index (χ0n) is 48.3. The maximum atomic E-state index is 14.4. The molecule has 1 heterocycles. The zero-order valence-corrected chi connectivity index (χ0v) is 50.0. The Kier molecular flexibility index (Phi) is 26.9. The molecular formula is C60H93NO14S2. The molecule has 1 unspecified atom stereocenters. The smallest absolute Gasteiger partial charge is 0.491 e. The number of aliphatic hydroxyl groups is 1. The molecule has 1 amide bonds. The highest BCUT2D eigenvalue weighted by Crippen LogP contribution is 2.67. The first kappa shape index (κ1) is 68.6. The highest BCUT2D eigenvalue weighted by molar-refractivity contribution is 8.76. The van der Waals surface area contributed by atoms with E-state index in [4.69, 9.17) is 39.7 Å². The quantitative estimate of drug-likeness (QED) is 0.0380. The standard InChI is InChI=1S/C48H63NO11.C7H14O3S2.2C2H6.CH4/c1-27(38(32-20-16-14-17-21-32)49-43(52)60-44(6,7)8)30(4)57-34-25-48(53)41(58-42(51)33-22-18-15-19-23-33)40-46(11,29(3)39(55-13)37(28(34)2)45(48,9)10)35(54-12)24-36-47(40,26-56-36)59-31(5)50;1-3-5-11-12-6-4-10-7(8)9-2;2*1-2;/h14-23,27,34-36,38-41,53H,3-4,24-26H2,1-2,5-13H3,(H,49,52);3-6H2,1-2H3;2*1-2H3;1H4/t27-,34-,35-,36+,38+,39-,40?,41-,46+,47-,48+;;;;/m0..../s1. The Bertz CT molecular complexity index is 2270. The van der Waals surface area contributed by atoms with Crippen LogP contribution in [0.5, 0.6) is 0 Å². The fraction of sp³-hybridized carbons (Fsp3) is 0.633. The lowest BCUT2D eigenvalue weighted by Crippen LogP contribution is -2.80. The summed E-state index contributed by atoms with van der Waals surface area (Å²) >= 11 is 0. The fourth-order valence-electron chi connectivity index (χ4n) is 10.9. The summed E-state index contributed by atoms with van der Waals surface area (Å²) in [6.07, 6.45) is -3.95. The van der Waals surface area contributed by atoms with E-state index in [-0.39, 0.29) is 26.0 Å². The Morgan fingerprint density at radius 3 is 2.00 bits per heavy atom. The number of hydrogen-bond acceptors (Lipinski definition) is 16. The molecular weight excluding hydrogens is 1020 g/mol. The lowest BCUT2D eigenvalue weighted by molar-refractivity contribution is -0.348. The van der Waals surface area contributed by atoms with Gasteiger partial charge in [0.25, 0.3) is 0 Å². The van der Waals surface area contributed by atoms with E-state index in [1.807, 2.05) is 92.6 Å². The van der Waals surface area contributed by atoms with Gasteiger partial charge in [-0.05, 0) is 68.5 Å². The predicted molar refractivity (Wildman–Crippen MR) is 308 cm³/mol. The maximum absolute atomic E-state index is 14.4. The second-order valence-electron chi connectivity index (χ2n) is 20.6. The topological polar surface area (TPSA) is 184 Å². The van der Waals surface area contributed by atoms with E-state index in [9.17, 15) is 24.3 Å². The number of carbonyl (C=O) groups excluding carboxylic acids is 4. The highest BCUT2D eigenvalue weighted by atomic mass is 33.1. The van der Waals surface area contributed by atoms with Gasteiger partial charge in [0.05, 0.1) is 43.1 Å². The molecule has 2 saturated carbocycles. The van der Waals surface area contributed by atoms with Crippen molar-refractivity contribution in [2.75, 3.05) is 46.0 Å². The predicted octanol–water partition coefficient (Wildman–Crippen LogP) is 13.1. The Hall–Kier alpha value is -4.52. The first-order chi connectivity index (χ1) is 35.9. The molecule has 17 heteroatoms. The summed E-state index contributed by atoms with van der Waals surface area (Å²) in [4.78, 5) is 51.2. The van der Waals surface area contributed by atoms with Gasteiger partial charge in [-0.2, -0.15) is 0 Å². The van der Waals surface area contributed by atoms with Crippen LogP contribution in [0.1, 0.15) is 146 Å². The van der Waals surface area contributed by atoms with Crippen LogP contribution in [-0.4, -0.2) is 123 Å². The minimum atomic E-state index is -1.92. The van der Waals surface area contributed by atoms with Crippen LogP contribution in [0, 0.1) is 22.7 Å². The minimum absolute atomic E-state index is 0. The van der Waals surface area contributed by atoms with Gasteiger partial charge < -0.3 is 53.1 Å². The van der Waals surface area contributed by atoms with Crippen molar-refractivity contribution in [1.29, 1.82) is 0 Å². The minimum Gasteiger partial charge on any atom is -0.491 e. The third-order valence-electron chi connectivity index (χ3n) is 14.7. The van der Waals surface area contributed by atoms with Crippen molar-refractivity contribution in [3.63, 3.8) is 0 Å². The molecule has 77 heavy (non-hydrogen) atoms. The lowest BCUT2D eigenvalue weighted by atomic mass is 9.44. The van der Waals surface area contributed by atoms with E-state index in [0.717, 1.165) is 22.6 Å². The third-order valence-corrected chi connectivity index (χ3v) is 17.3. The molecule has 434 valence electrons.